The average Bonchev–Trinajstić information content (AvgIpc) is 2.98. The summed E-state index contributed by atoms with van der Waals surface area (Å²) in [5, 5.41) is 15.9. The molecule has 0 unspecified atom stereocenters. The number of hydrogen-bond acceptors (Lipinski definition) is 4. The third-order valence-corrected chi connectivity index (χ3v) is 4.48. The molecule has 0 bridgehead atoms. The van der Waals surface area contributed by atoms with Crippen molar-refractivity contribution in [1.29, 1.82) is 0 Å². The predicted octanol–water partition coefficient (Wildman–Crippen LogP) is 2.89. The van der Waals surface area contributed by atoms with E-state index in [-0.39, 0.29) is 6.61 Å². The van der Waals surface area contributed by atoms with Gasteiger partial charge in [0, 0.05) is 21.5 Å². The van der Waals surface area contributed by atoms with Crippen molar-refractivity contribution in [2.75, 3.05) is 0 Å². The number of amides is 1. The van der Waals surface area contributed by atoms with Gasteiger partial charge in [-0.3, -0.25) is 14.9 Å². The number of halogens is 2. The number of hydrazine groups is 1. The van der Waals surface area contributed by atoms with Gasteiger partial charge in [-0.15, -0.1) is 0 Å². The number of hydrogen-bond donors (Lipinski definition) is 3. The number of aliphatic hydroxyl groups excluding tert-OH is 1. The van der Waals surface area contributed by atoms with Crippen molar-refractivity contribution in [1.82, 2.24) is 15.2 Å². The van der Waals surface area contributed by atoms with Crippen LogP contribution in [0.4, 0.5) is 0 Å². The fourth-order valence-electron chi connectivity index (χ4n) is 2.60. The Balaban J connectivity index is 2.08. The molecule has 1 aromatic heterocycles. The molecule has 0 saturated carbocycles. The fraction of sp³-hybridized carbons (Fsp3) is 0.111. The van der Waals surface area contributed by atoms with E-state index in [1.165, 1.54) is 6.08 Å². The van der Waals surface area contributed by atoms with Gasteiger partial charge in [0.2, 0.25) is 0 Å². The van der Waals surface area contributed by atoms with Crippen LogP contribution in [0, 0.1) is 0 Å². The van der Waals surface area contributed by atoms with Crippen molar-refractivity contribution in [3.05, 3.63) is 69.3 Å². The summed E-state index contributed by atoms with van der Waals surface area (Å²) in [5.41, 5.74) is 5.07. The van der Waals surface area contributed by atoms with Crippen LogP contribution in [-0.4, -0.2) is 20.8 Å². The lowest BCUT2D eigenvalue weighted by atomic mass is 10.1. The highest BCUT2D eigenvalue weighted by Gasteiger charge is 2.12. The summed E-state index contributed by atoms with van der Waals surface area (Å²) in [5.74, 6) is 4.66. The first-order valence-corrected chi connectivity index (χ1v) is 8.50. The number of benzene rings is 2. The second-order valence-corrected chi connectivity index (χ2v) is 6.47. The second kappa shape index (κ2) is 7.88. The van der Waals surface area contributed by atoms with E-state index in [1.807, 2.05) is 29.7 Å². The van der Waals surface area contributed by atoms with E-state index < -0.39 is 5.91 Å². The van der Waals surface area contributed by atoms with Gasteiger partial charge < -0.3 is 5.11 Å². The molecule has 1 amide bonds. The zero-order valence-corrected chi connectivity index (χ0v) is 15.1. The van der Waals surface area contributed by atoms with Gasteiger partial charge in [-0.2, -0.15) is 5.10 Å². The number of nitrogens with two attached hydrogens (primary N) is 1. The van der Waals surface area contributed by atoms with Gasteiger partial charge in [0.1, 0.15) is 0 Å². The zero-order chi connectivity index (χ0) is 18.7. The number of carbonyl (C=O) groups is 1. The van der Waals surface area contributed by atoms with E-state index in [2.05, 4.69) is 5.10 Å². The maximum Gasteiger partial charge on any atom is 0.257 e. The van der Waals surface area contributed by atoms with E-state index in [4.69, 9.17) is 29.0 Å². The number of rotatable bonds is 5. The summed E-state index contributed by atoms with van der Waals surface area (Å²) in [7, 11) is 0. The summed E-state index contributed by atoms with van der Waals surface area (Å²) in [6.45, 7) is 0.335. The SMILES string of the molecule is NNC(=O)/C=C/c1nn(Cc2ccc(Cl)cc2Cl)c2cc(CO)ccc12. The van der Waals surface area contributed by atoms with Gasteiger partial charge in [-0.25, -0.2) is 5.84 Å². The predicted molar refractivity (Wildman–Crippen MR) is 103 cm³/mol. The molecule has 0 spiro atoms. The maximum atomic E-state index is 11.4. The van der Waals surface area contributed by atoms with Gasteiger partial charge in [-0.1, -0.05) is 41.4 Å². The minimum atomic E-state index is -0.430. The van der Waals surface area contributed by atoms with Crippen molar-refractivity contribution in [2.24, 2.45) is 5.84 Å². The number of aromatic nitrogens is 2. The Bertz CT molecular complexity index is 998. The van der Waals surface area contributed by atoms with Crippen LogP contribution in [0.2, 0.25) is 10.0 Å². The van der Waals surface area contributed by atoms with Crippen LogP contribution in [-0.2, 0) is 17.9 Å². The molecule has 4 N–H and O–H groups in total. The molecule has 3 rings (SSSR count). The largest absolute Gasteiger partial charge is 0.392 e. The third-order valence-electron chi connectivity index (χ3n) is 3.90. The molecular weight excluding hydrogens is 375 g/mol. The standard InChI is InChI=1S/C18H16Cl2N4O2/c19-13-3-2-12(15(20)8-13)9-24-17-7-11(10-25)1-4-14(17)16(23-24)5-6-18(26)22-21/h1-8,25H,9-10,21H2,(H,22,26)/b6-5+. The molecule has 0 aliphatic rings. The molecule has 6 nitrogen and oxygen atoms in total. The first kappa shape index (κ1) is 18.4. The van der Waals surface area contributed by atoms with E-state index in [1.54, 1.807) is 22.9 Å². The van der Waals surface area contributed by atoms with Crippen molar-refractivity contribution in [3.8, 4) is 0 Å². The monoisotopic (exact) mass is 390 g/mol. The lowest BCUT2D eigenvalue weighted by Crippen LogP contribution is -2.27. The molecule has 134 valence electrons. The van der Waals surface area contributed by atoms with Crippen LogP contribution in [0.3, 0.4) is 0 Å². The molecule has 0 atom stereocenters. The van der Waals surface area contributed by atoms with E-state index >= 15 is 0 Å². The van der Waals surface area contributed by atoms with Crippen molar-refractivity contribution >= 4 is 46.1 Å². The molecule has 8 heteroatoms. The topological polar surface area (TPSA) is 93.2 Å². The highest BCUT2D eigenvalue weighted by atomic mass is 35.5. The van der Waals surface area contributed by atoms with Gasteiger partial charge in [0.15, 0.2) is 0 Å². The Morgan fingerprint density at radius 1 is 1.27 bits per heavy atom. The molecule has 0 aliphatic heterocycles. The maximum absolute atomic E-state index is 11.4. The first-order chi connectivity index (χ1) is 12.5. The molecule has 1 heterocycles. The Labute approximate surface area is 159 Å². The fourth-order valence-corrected chi connectivity index (χ4v) is 3.07. The summed E-state index contributed by atoms with van der Waals surface area (Å²) >= 11 is 12.2. The molecule has 26 heavy (non-hydrogen) atoms. The highest BCUT2D eigenvalue weighted by Crippen LogP contribution is 2.26. The second-order valence-electron chi connectivity index (χ2n) is 5.63. The minimum absolute atomic E-state index is 0.0798. The number of carbonyl (C=O) groups excluding carboxylic acids is 1. The number of nitrogens with zero attached hydrogens (tertiary/aromatic N) is 2. The Morgan fingerprint density at radius 2 is 2.08 bits per heavy atom. The van der Waals surface area contributed by atoms with Gasteiger partial charge in [0.25, 0.3) is 5.91 Å². The van der Waals surface area contributed by atoms with Crippen molar-refractivity contribution in [3.63, 3.8) is 0 Å². The van der Waals surface area contributed by atoms with Crippen LogP contribution in [0.15, 0.2) is 42.5 Å². The normalized spacial score (nSPS) is 11.4. The summed E-state index contributed by atoms with van der Waals surface area (Å²) in [4.78, 5) is 11.4. The molecule has 0 aliphatic carbocycles. The zero-order valence-electron chi connectivity index (χ0n) is 13.6. The quantitative estimate of drug-likeness (QED) is 0.270. The Hall–Kier alpha value is -2.38. The highest BCUT2D eigenvalue weighted by molar-refractivity contribution is 6.35. The molecule has 0 fully saturated rings. The van der Waals surface area contributed by atoms with Crippen LogP contribution in [0.25, 0.3) is 17.0 Å². The van der Waals surface area contributed by atoms with Gasteiger partial charge in [0.05, 0.1) is 24.4 Å². The van der Waals surface area contributed by atoms with Gasteiger partial charge >= 0.3 is 0 Å². The first-order valence-electron chi connectivity index (χ1n) is 7.74. The van der Waals surface area contributed by atoms with Gasteiger partial charge in [-0.05, 0) is 35.4 Å². The smallest absolute Gasteiger partial charge is 0.257 e. The number of nitrogens with one attached hydrogen (secondary N) is 1. The lowest BCUT2D eigenvalue weighted by molar-refractivity contribution is -0.116. The minimum Gasteiger partial charge on any atom is -0.392 e. The average molecular weight is 391 g/mol. The third kappa shape index (κ3) is 3.89. The number of fused-ring (bicyclic) bond motifs is 1. The van der Waals surface area contributed by atoms with E-state index in [0.29, 0.717) is 22.3 Å². The molecule has 3 aromatic rings. The Kier molecular flexibility index (Phi) is 5.58. The lowest BCUT2D eigenvalue weighted by Gasteiger charge is -2.07. The van der Waals surface area contributed by atoms with Crippen LogP contribution in [0.1, 0.15) is 16.8 Å². The molecule has 2 aromatic carbocycles. The van der Waals surface area contributed by atoms with E-state index in [9.17, 15) is 9.90 Å². The van der Waals surface area contributed by atoms with Crippen molar-refractivity contribution in [2.45, 2.75) is 13.2 Å². The van der Waals surface area contributed by atoms with Crippen LogP contribution in [0.5, 0.6) is 0 Å². The number of aliphatic hydroxyl groups is 1. The van der Waals surface area contributed by atoms with Crippen LogP contribution >= 0.6 is 23.2 Å². The summed E-state index contributed by atoms with van der Waals surface area (Å²) < 4.78 is 1.77. The Morgan fingerprint density at radius 3 is 2.77 bits per heavy atom. The summed E-state index contributed by atoms with van der Waals surface area (Å²) in [6.07, 6.45) is 2.89. The van der Waals surface area contributed by atoms with E-state index in [0.717, 1.165) is 22.0 Å². The summed E-state index contributed by atoms with van der Waals surface area (Å²) in [6, 6.07) is 10.8. The molecule has 0 saturated heterocycles. The van der Waals surface area contributed by atoms with Crippen molar-refractivity contribution < 1.29 is 9.90 Å². The van der Waals surface area contributed by atoms with Crippen LogP contribution < -0.4 is 11.3 Å². The molecular formula is C18H16Cl2N4O2. The molecule has 0 radical (unpaired) electrons.